The molecule has 3 nitrogen and oxygen atoms in total. The van der Waals surface area contributed by atoms with E-state index in [0.29, 0.717) is 11.7 Å². The second-order valence-corrected chi connectivity index (χ2v) is 4.72. The molecule has 3 heteroatoms. The number of benzene rings is 1. The molecule has 0 bridgehead atoms. The molecule has 0 saturated heterocycles. The molecule has 0 amide bonds. The topological polar surface area (TPSA) is 52.0 Å². The standard InChI is InChI=1S/C15H20N2O/c1-3-4-8-11(2)14-13(15(16)17-18-14)12-9-6-5-7-10-12/h5-7,9-11H,3-4,8H2,1-2H3,(H2,16,17). The molecular weight excluding hydrogens is 224 g/mol. The number of aromatic nitrogens is 1. The summed E-state index contributed by atoms with van der Waals surface area (Å²) in [7, 11) is 0. The molecule has 2 N–H and O–H groups in total. The van der Waals surface area contributed by atoms with Crippen LogP contribution in [0.5, 0.6) is 0 Å². The van der Waals surface area contributed by atoms with Crippen molar-refractivity contribution in [1.82, 2.24) is 5.16 Å². The molecule has 1 aromatic heterocycles. The van der Waals surface area contributed by atoms with Crippen molar-refractivity contribution < 1.29 is 4.52 Å². The predicted octanol–water partition coefficient (Wildman–Crippen LogP) is 4.22. The van der Waals surface area contributed by atoms with E-state index >= 15 is 0 Å². The van der Waals surface area contributed by atoms with Crippen LogP contribution in [0.1, 0.15) is 44.8 Å². The van der Waals surface area contributed by atoms with Gasteiger partial charge in [0.2, 0.25) is 0 Å². The first-order chi connectivity index (χ1) is 8.74. The van der Waals surface area contributed by atoms with Gasteiger partial charge in [0, 0.05) is 5.92 Å². The molecular formula is C15H20N2O. The van der Waals surface area contributed by atoms with Crippen LogP contribution in [-0.4, -0.2) is 5.16 Å². The highest BCUT2D eigenvalue weighted by atomic mass is 16.5. The minimum atomic E-state index is 0.352. The summed E-state index contributed by atoms with van der Waals surface area (Å²) in [6.07, 6.45) is 3.48. The van der Waals surface area contributed by atoms with Gasteiger partial charge in [0.15, 0.2) is 5.82 Å². The lowest BCUT2D eigenvalue weighted by Crippen LogP contribution is -1.95. The van der Waals surface area contributed by atoms with E-state index in [1.165, 1.54) is 12.8 Å². The zero-order valence-electron chi connectivity index (χ0n) is 11.0. The Morgan fingerprint density at radius 2 is 2.00 bits per heavy atom. The summed E-state index contributed by atoms with van der Waals surface area (Å²) in [5, 5.41) is 3.92. The van der Waals surface area contributed by atoms with Gasteiger partial charge in [-0.2, -0.15) is 0 Å². The monoisotopic (exact) mass is 244 g/mol. The second kappa shape index (κ2) is 5.71. The molecule has 1 aromatic carbocycles. The summed E-state index contributed by atoms with van der Waals surface area (Å²) in [5.74, 6) is 1.75. The van der Waals surface area contributed by atoms with Crippen molar-refractivity contribution >= 4 is 5.82 Å². The Balaban J connectivity index is 2.33. The fourth-order valence-electron chi connectivity index (χ4n) is 2.19. The zero-order chi connectivity index (χ0) is 13.0. The number of nitrogens with two attached hydrogens (primary N) is 1. The molecule has 1 heterocycles. The van der Waals surface area contributed by atoms with E-state index in [-0.39, 0.29) is 0 Å². The molecule has 0 aliphatic carbocycles. The van der Waals surface area contributed by atoms with Crippen molar-refractivity contribution in [3.8, 4) is 11.1 Å². The van der Waals surface area contributed by atoms with E-state index in [1.54, 1.807) is 0 Å². The van der Waals surface area contributed by atoms with Crippen LogP contribution in [-0.2, 0) is 0 Å². The Labute approximate surface area is 108 Å². The number of anilines is 1. The van der Waals surface area contributed by atoms with Gasteiger partial charge in [-0.15, -0.1) is 0 Å². The van der Waals surface area contributed by atoms with Crippen molar-refractivity contribution in [2.24, 2.45) is 0 Å². The number of hydrogen-bond acceptors (Lipinski definition) is 3. The van der Waals surface area contributed by atoms with Crippen molar-refractivity contribution in [1.29, 1.82) is 0 Å². The summed E-state index contributed by atoms with van der Waals surface area (Å²) in [5.41, 5.74) is 7.97. The Morgan fingerprint density at radius 1 is 1.28 bits per heavy atom. The minimum Gasteiger partial charge on any atom is -0.380 e. The Kier molecular flexibility index (Phi) is 4.03. The van der Waals surface area contributed by atoms with Gasteiger partial charge in [0.05, 0.1) is 5.56 Å². The molecule has 0 radical (unpaired) electrons. The summed E-state index contributed by atoms with van der Waals surface area (Å²) >= 11 is 0. The first-order valence-corrected chi connectivity index (χ1v) is 6.54. The van der Waals surface area contributed by atoms with Gasteiger partial charge in [-0.05, 0) is 12.0 Å². The number of unbranched alkanes of at least 4 members (excludes halogenated alkanes) is 1. The third-order valence-electron chi connectivity index (χ3n) is 3.25. The molecule has 0 aliphatic heterocycles. The lowest BCUT2D eigenvalue weighted by atomic mass is 9.95. The SMILES string of the molecule is CCCCC(C)c1onc(N)c1-c1ccccc1. The average Bonchev–Trinajstić information content (AvgIpc) is 2.79. The number of nitrogen functional groups attached to an aromatic ring is 1. The van der Waals surface area contributed by atoms with Crippen LogP contribution < -0.4 is 5.73 Å². The van der Waals surface area contributed by atoms with Crippen LogP contribution in [0.4, 0.5) is 5.82 Å². The maximum Gasteiger partial charge on any atom is 0.175 e. The molecule has 0 saturated carbocycles. The highest BCUT2D eigenvalue weighted by Crippen LogP contribution is 2.35. The van der Waals surface area contributed by atoms with E-state index in [9.17, 15) is 0 Å². The van der Waals surface area contributed by atoms with E-state index in [2.05, 4.69) is 19.0 Å². The van der Waals surface area contributed by atoms with Gasteiger partial charge in [-0.25, -0.2) is 0 Å². The first-order valence-electron chi connectivity index (χ1n) is 6.54. The van der Waals surface area contributed by atoms with Crippen molar-refractivity contribution in [2.45, 2.75) is 39.0 Å². The molecule has 2 rings (SSSR count). The highest BCUT2D eigenvalue weighted by Gasteiger charge is 2.20. The molecule has 2 aromatic rings. The Hall–Kier alpha value is -1.77. The maximum absolute atomic E-state index is 5.93. The Bertz CT molecular complexity index is 490. The lowest BCUT2D eigenvalue weighted by Gasteiger charge is -2.09. The van der Waals surface area contributed by atoms with Crippen molar-refractivity contribution in [2.75, 3.05) is 5.73 Å². The lowest BCUT2D eigenvalue weighted by molar-refractivity contribution is 0.360. The van der Waals surface area contributed by atoms with E-state index < -0.39 is 0 Å². The molecule has 0 aliphatic rings. The quantitative estimate of drug-likeness (QED) is 0.856. The summed E-state index contributed by atoms with van der Waals surface area (Å²) in [6, 6.07) is 10.1. The number of rotatable bonds is 5. The minimum absolute atomic E-state index is 0.352. The highest BCUT2D eigenvalue weighted by molar-refractivity contribution is 5.75. The summed E-state index contributed by atoms with van der Waals surface area (Å²) in [4.78, 5) is 0. The molecule has 0 spiro atoms. The maximum atomic E-state index is 5.93. The van der Waals surface area contributed by atoms with Gasteiger partial charge in [-0.1, -0.05) is 62.2 Å². The van der Waals surface area contributed by atoms with E-state index in [0.717, 1.165) is 23.3 Å². The molecule has 1 unspecified atom stereocenters. The van der Waals surface area contributed by atoms with Crippen LogP contribution in [0.2, 0.25) is 0 Å². The Morgan fingerprint density at radius 3 is 2.67 bits per heavy atom. The number of hydrogen-bond donors (Lipinski definition) is 1. The smallest absolute Gasteiger partial charge is 0.175 e. The molecule has 18 heavy (non-hydrogen) atoms. The fraction of sp³-hybridized carbons (Fsp3) is 0.400. The number of nitrogens with zero attached hydrogens (tertiary/aromatic N) is 1. The van der Waals surface area contributed by atoms with Crippen LogP contribution in [0.3, 0.4) is 0 Å². The van der Waals surface area contributed by atoms with Gasteiger partial charge in [0.25, 0.3) is 0 Å². The first kappa shape index (κ1) is 12.7. The van der Waals surface area contributed by atoms with Gasteiger partial charge >= 0.3 is 0 Å². The van der Waals surface area contributed by atoms with Gasteiger partial charge in [0.1, 0.15) is 5.76 Å². The van der Waals surface area contributed by atoms with Crippen LogP contribution in [0.25, 0.3) is 11.1 Å². The summed E-state index contributed by atoms with van der Waals surface area (Å²) in [6.45, 7) is 4.36. The van der Waals surface area contributed by atoms with Crippen LogP contribution >= 0.6 is 0 Å². The normalized spacial score (nSPS) is 12.6. The van der Waals surface area contributed by atoms with Gasteiger partial charge < -0.3 is 10.3 Å². The molecule has 96 valence electrons. The molecule has 0 fully saturated rings. The predicted molar refractivity (Wildman–Crippen MR) is 74.3 cm³/mol. The molecule has 1 atom stereocenters. The largest absolute Gasteiger partial charge is 0.380 e. The van der Waals surface area contributed by atoms with Gasteiger partial charge in [-0.3, -0.25) is 0 Å². The zero-order valence-corrected chi connectivity index (χ0v) is 11.0. The van der Waals surface area contributed by atoms with Crippen molar-refractivity contribution in [3.63, 3.8) is 0 Å². The van der Waals surface area contributed by atoms with Crippen molar-refractivity contribution in [3.05, 3.63) is 36.1 Å². The van der Waals surface area contributed by atoms with Crippen LogP contribution in [0.15, 0.2) is 34.9 Å². The van der Waals surface area contributed by atoms with E-state index in [1.807, 2.05) is 30.3 Å². The van der Waals surface area contributed by atoms with Crippen LogP contribution in [0, 0.1) is 0 Å². The fourth-order valence-corrected chi connectivity index (χ4v) is 2.19. The average molecular weight is 244 g/mol. The summed E-state index contributed by atoms with van der Waals surface area (Å²) < 4.78 is 5.43. The third-order valence-corrected chi connectivity index (χ3v) is 3.25. The third kappa shape index (κ3) is 2.55. The van der Waals surface area contributed by atoms with E-state index in [4.69, 9.17) is 10.3 Å². The second-order valence-electron chi connectivity index (χ2n) is 4.72.